The van der Waals surface area contributed by atoms with Gasteiger partial charge < -0.3 is 5.32 Å². The van der Waals surface area contributed by atoms with Crippen molar-refractivity contribution < 1.29 is 4.79 Å². The molecule has 0 saturated heterocycles. The molecule has 1 aromatic carbocycles. The van der Waals surface area contributed by atoms with E-state index in [1.807, 2.05) is 39.1 Å². The molecule has 0 saturated carbocycles. The average Bonchev–Trinajstić information content (AvgIpc) is 2.79. The lowest BCUT2D eigenvalue weighted by Gasteiger charge is -2.10. The second-order valence-corrected chi connectivity index (χ2v) is 5.72. The van der Waals surface area contributed by atoms with E-state index in [1.54, 1.807) is 16.9 Å². The number of aromatic nitrogens is 3. The normalized spacial score (nSPS) is 11.0. The summed E-state index contributed by atoms with van der Waals surface area (Å²) in [5.74, 6) is 0.619. The second-order valence-electron chi connectivity index (χ2n) is 5.72. The lowest BCUT2D eigenvalue weighted by molar-refractivity contribution is 0.102. The lowest BCUT2D eigenvalue weighted by atomic mass is 10.1. The number of anilines is 1. The third-order valence-electron chi connectivity index (χ3n) is 4.07. The number of nitrogens with one attached hydrogen (secondary N) is 1. The summed E-state index contributed by atoms with van der Waals surface area (Å²) in [4.78, 5) is 17.1. The Labute approximate surface area is 135 Å². The number of amides is 1. The largest absolute Gasteiger partial charge is 0.307 e. The van der Waals surface area contributed by atoms with Crippen LogP contribution in [0.25, 0.3) is 10.9 Å². The molecular formula is C18H20N4O. The molecule has 2 aromatic heterocycles. The van der Waals surface area contributed by atoms with Crippen LogP contribution in [-0.4, -0.2) is 20.7 Å². The Hall–Kier alpha value is -2.69. The Morgan fingerprint density at radius 3 is 2.78 bits per heavy atom. The topological polar surface area (TPSA) is 59.8 Å². The van der Waals surface area contributed by atoms with Crippen LogP contribution in [0.15, 0.2) is 30.5 Å². The van der Waals surface area contributed by atoms with Crippen molar-refractivity contribution in [2.75, 3.05) is 5.32 Å². The Balaban J connectivity index is 2.04. The predicted octanol–water partition coefficient (Wildman–Crippen LogP) is 3.40. The summed E-state index contributed by atoms with van der Waals surface area (Å²) < 4.78 is 1.72. The van der Waals surface area contributed by atoms with E-state index in [1.165, 1.54) is 0 Å². The Bertz CT molecular complexity index is 895. The lowest BCUT2D eigenvalue weighted by Crippen LogP contribution is -2.16. The minimum absolute atomic E-state index is 0.138. The van der Waals surface area contributed by atoms with E-state index in [9.17, 15) is 4.79 Å². The molecule has 0 radical (unpaired) electrons. The van der Waals surface area contributed by atoms with Gasteiger partial charge in [0.05, 0.1) is 16.8 Å². The number of benzene rings is 1. The fourth-order valence-electron chi connectivity index (χ4n) is 2.91. The van der Waals surface area contributed by atoms with Gasteiger partial charge in [-0.2, -0.15) is 5.10 Å². The van der Waals surface area contributed by atoms with Gasteiger partial charge in [0.1, 0.15) is 5.82 Å². The molecule has 23 heavy (non-hydrogen) atoms. The predicted molar refractivity (Wildman–Crippen MR) is 91.8 cm³/mol. The summed E-state index contributed by atoms with van der Waals surface area (Å²) in [6.07, 6.45) is 2.49. The van der Waals surface area contributed by atoms with Crippen molar-refractivity contribution in [2.24, 2.45) is 7.05 Å². The van der Waals surface area contributed by atoms with Crippen LogP contribution in [0.5, 0.6) is 0 Å². The minimum atomic E-state index is -0.138. The fraction of sp³-hybridized carbons (Fsp3) is 0.278. The van der Waals surface area contributed by atoms with Gasteiger partial charge in [0.2, 0.25) is 0 Å². The summed E-state index contributed by atoms with van der Waals surface area (Å²) in [5.41, 5.74) is 4.56. The number of rotatable bonds is 3. The van der Waals surface area contributed by atoms with Crippen LogP contribution in [0.2, 0.25) is 0 Å². The van der Waals surface area contributed by atoms with Crippen molar-refractivity contribution >= 4 is 22.6 Å². The highest BCUT2D eigenvalue weighted by molar-refractivity contribution is 6.12. The van der Waals surface area contributed by atoms with Gasteiger partial charge in [-0.05, 0) is 38.5 Å². The zero-order valence-electron chi connectivity index (χ0n) is 13.8. The molecule has 0 spiro atoms. The van der Waals surface area contributed by atoms with Gasteiger partial charge >= 0.3 is 0 Å². The summed E-state index contributed by atoms with van der Waals surface area (Å²) in [6, 6.07) is 7.68. The Morgan fingerprint density at radius 1 is 1.26 bits per heavy atom. The van der Waals surface area contributed by atoms with Crippen LogP contribution in [-0.2, 0) is 13.5 Å². The quantitative estimate of drug-likeness (QED) is 0.806. The van der Waals surface area contributed by atoms with Crippen molar-refractivity contribution in [3.63, 3.8) is 0 Å². The van der Waals surface area contributed by atoms with E-state index in [2.05, 4.69) is 22.3 Å². The van der Waals surface area contributed by atoms with Gasteiger partial charge in [0.15, 0.2) is 0 Å². The summed E-state index contributed by atoms with van der Waals surface area (Å²) in [6.45, 7) is 6.03. The van der Waals surface area contributed by atoms with Crippen LogP contribution < -0.4 is 5.32 Å². The van der Waals surface area contributed by atoms with Crippen molar-refractivity contribution in [2.45, 2.75) is 27.2 Å². The maximum atomic E-state index is 12.8. The van der Waals surface area contributed by atoms with Crippen molar-refractivity contribution in [1.29, 1.82) is 0 Å². The minimum Gasteiger partial charge on any atom is -0.307 e. The molecule has 2 heterocycles. The molecule has 0 unspecified atom stereocenters. The molecular weight excluding hydrogens is 288 g/mol. The molecule has 0 fully saturated rings. The number of carbonyl (C=O) groups is 1. The SMILES string of the molecule is CCc1c(C)nn(C)c1NC(=O)c1ccnc2ccc(C)cc12. The molecule has 3 rings (SSSR count). The van der Waals surface area contributed by atoms with E-state index in [-0.39, 0.29) is 5.91 Å². The first-order valence-corrected chi connectivity index (χ1v) is 7.70. The Morgan fingerprint density at radius 2 is 2.04 bits per heavy atom. The molecule has 3 aromatic rings. The first-order valence-electron chi connectivity index (χ1n) is 7.70. The van der Waals surface area contributed by atoms with Crippen LogP contribution >= 0.6 is 0 Å². The Kier molecular flexibility index (Phi) is 3.86. The molecule has 5 nitrogen and oxygen atoms in total. The van der Waals surface area contributed by atoms with Gasteiger partial charge in [-0.25, -0.2) is 0 Å². The van der Waals surface area contributed by atoms with Gasteiger partial charge in [-0.15, -0.1) is 0 Å². The summed E-state index contributed by atoms with van der Waals surface area (Å²) >= 11 is 0. The number of pyridine rings is 1. The highest BCUT2D eigenvalue weighted by Crippen LogP contribution is 2.23. The molecule has 0 aliphatic carbocycles. The maximum absolute atomic E-state index is 12.8. The number of nitrogens with zero attached hydrogens (tertiary/aromatic N) is 3. The van der Waals surface area contributed by atoms with Crippen LogP contribution in [0.1, 0.15) is 34.1 Å². The number of aryl methyl sites for hydroxylation is 3. The monoisotopic (exact) mass is 308 g/mol. The molecule has 5 heteroatoms. The molecule has 0 atom stereocenters. The molecule has 1 amide bonds. The van der Waals surface area contributed by atoms with Crippen LogP contribution in [0.4, 0.5) is 5.82 Å². The second kappa shape index (κ2) is 5.83. The van der Waals surface area contributed by atoms with E-state index in [0.717, 1.165) is 40.0 Å². The van der Waals surface area contributed by atoms with Crippen molar-refractivity contribution in [1.82, 2.24) is 14.8 Å². The van der Waals surface area contributed by atoms with Crippen LogP contribution in [0.3, 0.4) is 0 Å². The molecule has 118 valence electrons. The van der Waals surface area contributed by atoms with Gasteiger partial charge in [-0.1, -0.05) is 18.6 Å². The highest BCUT2D eigenvalue weighted by Gasteiger charge is 2.17. The van der Waals surface area contributed by atoms with E-state index in [0.29, 0.717) is 5.56 Å². The van der Waals surface area contributed by atoms with Gasteiger partial charge in [0.25, 0.3) is 5.91 Å². The van der Waals surface area contributed by atoms with E-state index < -0.39 is 0 Å². The molecule has 1 N–H and O–H groups in total. The van der Waals surface area contributed by atoms with Gasteiger partial charge in [-0.3, -0.25) is 14.5 Å². The number of hydrogen-bond acceptors (Lipinski definition) is 3. The average molecular weight is 308 g/mol. The molecule has 0 aliphatic heterocycles. The number of fused-ring (bicyclic) bond motifs is 1. The summed E-state index contributed by atoms with van der Waals surface area (Å²) in [7, 11) is 1.84. The molecule has 0 bridgehead atoms. The van der Waals surface area contributed by atoms with E-state index in [4.69, 9.17) is 0 Å². The standard InChI is InChI=1S/C18H20N4O/c1-5-13-12(3)21-22(4)17(13)20-18(23)14-8-9-19-16-7-6-11(2)10-15(14)16/h6-10H,5H2,1-4H3,(H,20,23). The third kappa shape index (κ3) is 2.70. The van der Waals surface area contributed by atoms with Crippen LogP contribution in [0, 0.1) is 13.8 Å². The van der Waals surface area contributed by atoms with Crippen molar-refractivity contribution in [3.05, 3.63) is 52.8 Å². The molecule has 0 aliphatic rings. The summed E-state index contributed by atoms with van der Waals surface area (Å²) in [5, 5.41) is 8.27. The maximum Gasteiger partial charge on any atom is 0.257 e. The number of hydrogen-bond donors (Lipinski definition) is 1. The fourth-order valence-corrected chi connectivity index (χ4v) is 2.91. The van der Waals surface area contributed by atoms with Gasteiger partial charge in [0, 0.05) is 24.2 Å². The zero-order chi connectivity index (χ0) is 16.6. The smallest absolute Gasteiger partial charge is 0.257 e. The highest BCUT2D eigenvalue weighted by atomic mass is 16.1. The first-order chi connectivity index (χ1) is 11.0. The third-order valence-corrected chi connectivity index (χ3v) is 4.07. The van der Waals surface area contributed by atoms with E-state index >= 15 is 0 Å². The van der Waals surface area contributed by atoms with Crippen molar-refractivity contribution in [3.8, 4) is 0 Å². The number of carbonyl (C=O) groups excluding carboxylic acids is 1. The first kappa shape index (κ1) is 15.2. The zero-order valence-corrected chi connectivity index (χ0v) is 13.8.